The maximum Gasteiger partial charge on any atom is 0.218 e. The molecule has 0 aliphatic carbocycles. The fourth-order valence-electron chi connectivity index (χ4n) is 3.90. The molecule has 1 aromatic heterocycles. The number of nitrogens with one attached hydrogen (secondary N) is 1. The fraction of sp³-hybridized carbons (Fsp3) is 0.300. The van der Waals surface area contributed by atoms with Crippen LogP contribution in [0.3, 0.4) is 0 Å². The minimum Gasteiger partial charge on any atom is -0.390 e. The Bertz CT molecular complexity index is 980. The van der Waals surface area contributed by atoms with E-state index >= 15 is 0 Å². The number of carbonyl (C=O) groups excluding carboxylic acids is 1. The highest BCUT2D eigenvalue weighted by Crippen LogP contribution is 2.44. The number of aromatic nitrogens is 2. The Morgan fingerprint density at radius 2 is 2.00 bits per heavy atom. The summed E-state index contributed by atoms with van der Waals surface area (Å²) in [5, 5.41) is 14.5. The number of rotatable bonds is 3. The fourth-order valence-corrected chi connectivity index (χ4v) is 3.90. The first-order valence-corrected chi connectivity index (χ1v) is 8.71. The zero-order chi connectivity index (χ0) is 18.4. The second kappa shape index (κ2) is 6.14. The molecule has 0 fully saturated rings. The Morgan fingerprint density at radius 1 is 1.27 bits per heavy atom. The van der Waals surface area contributed by atoms with E-state index in [4.69, 9.17) is 10.7 Å². The van der Waals surface area contributed by atoms with Crippen molar-refractivity contribution in [3.05, 3.63) is 59.4 Å². The van der Waals surface area contributed by atoms with Crippen LogP contribution in [0.4, 0.5) is 5.69 Å². The number of hydrogen-bond donors (Lipinski definition) is 3. The van der Waals surface area contributed by atoms with Crippen LogP contribution in [-0.4, -0.2) is 26.7 Å². The van der Waals surface area contributed by atoms with Gasteiger partial charge in [0.15, 0.2) is 0 Å². The summed E-state index contributed by atoms with van der Waals surface area (Å²) >= 11 is 0. The quantitative estimate of drug-likeness (QED) is 0.676. The number of benzene rings is 2. The van der Waals surface area contributed by atoms with Gasteiger partial charge in [-0.15, -0.1) is 0 Å². The van der Waals surface area contributed by atoms with Crippen molar-refractivity contribution in [1.29, 1.82) is 0 Å². The second-order valence-corrected chi connectivity index (χ2v) is 6.92. The van der Waals surface area contributed by atoms with Gasteiger partial charge in [-0.25, -0.2) is 4.98 Å². The van der Waals surface area contributed by atoms with Crippen molar-refractivity contribution in [3.63, 3.8) is 0 Å². The van der Waals surface area contributed by atoms with Crippen LogP contribution >= 0.6 is 0 Å². The van der Waals surface area contributed by atoms with Gasteiger partial charge in [0, 0.05) is 19.4 Å². The zero-order valence-electron chi connectivity index (χ0n) is 14.8. The summed E-state index contributed by atoms with van der Waals surface area (Å²) in [5.74, 6) is 0.107. The normalized spacial score (nSPS) is 22.0. The van der Waals surface area contributed by atoms with E-state index in [0.29, 0.717) is 0 Å². The van der Waals surface area contributed by atoms with E-state index in [1.54, 1.807) is 0 Å². The molecule has 1 amide bonds. The Labute approximate surface area is 151 Å². The molecule has 0 unspecified atom stereocenters. The summed E-state index contributed by atoms with van der Waals surface area (Å²) in [6, 6.07) is 13.4. The van der Waals surface area contributed by atoms with Crippen molar-refractivity contribution < 1.29 is 9.90 Å². The zero-order valence-corrected chi connectivity index (χ0v) is 14.8. The number of carbonyl (C=O) groups is 1. The first kappa shape index (κ1) is 16.6. The van der Waals surface area contributed by atoms with Crippen molar-refractivity contribution >= 4 is 22.6 Å². The maximum atomic E-state index is 11.7. The lowest BCUT2D eigenvalue weighted by atomic mass is 9.79. The molecule has 26 heavy (non-hydrogen) atoms. The molecule has 0 bridgehead atoms. The number of anilines is 1. The van der Waals surface area contributed by atoms with Gasteiger partial charge in [0.1, 0.15) is 11.3 Å². The van der Waals surface area contributed by atoms with Crippen LogP contribution in [0.1, 0.15) is 35.3 Å². The van der Waals surface area contributed by atoms with Crippen LogP contribution in [0, 0.1) is 6.92 Å². The monoisotopic (exact) mass is 350 g/mol. The van der Waals surface area contributed by atoms with Gasteiger partial charge in [-0.2, -0.15) is 0 Å². The molecule has 1 aliphatic rings. The number of hydrogen-bond acceptors (Lipinski definition) is 4. The molecule has 3 atom stereocenters. The Hall–Kier alpha value is -2.86. The minimum atomic E-state index is -0.764. The van der Waals surface area contributed by atoms with Crippen molar-refractivity contribution in [1.82, 2.24) is 9.55 Å². The van der Waals surface area contributed by atoms with Crippen molar-refractivity contribution in [2.24, 2.45) is 12.8 Å². The smallest absolute Gasteiger partial charge is 0.218 e. The van der Waals surface area contributed by atoms with E-state index in [0.717, 1.165) is 33.7 Å². The summed E-state index contributed by atoms with van der Waals surface area (Å²) in [4.78, 5) is 16.4. The topological polar surface area (TPSA) is 93.2 Å². The van der Waals surface area contributed by atoms with Crippen LogP contribution in [0.15, 0.2) is 42.5 Å². The molecule has 1 aliphatic heterocycles. The molecular formula is C20H22N4O2. The van der Waals surface area contributed by atoms with E-state index < -0.39 is 12.0 Å². The third kappa shape index (κ3) is 2.54. The Balaban J connectivity index is 1.91. The van der Waals surface area contributed by atoms with Gasteiger partial charge in [-0.05, 0) is 24.1 Å². The van der Waals surface area contributed by atoms with Crippen molar-refractivity contribution in [2.75, 3.05) is 5.32 Å². The predicted octanol–water partition coefficient (Wildman–Crippen LogP) is 2.37. The third-order valence-corrected chi connectivity index (χ3v) is 5.34. The molecule has 0 saturated heterocycles. The summed E-state index contributed by atoms with van der Waals surface area (Å²) in [5.41, 5.74) is 10.1. The average Bonchev–Trinajstić information content (AvgIpc) is 2.92. The van der Waals surface area contributed by atoms with E-state index in [2.05, 4.69) is 5.32 Å². The number of amides is 1. The number of aliphatic hydroxyl groups excluding tert-OH is 1. The standard InChI is InChI=1S/C20H22N4O2/c1-11-22-19-15(24(11)2)9-8-13-14(10-16(21)25)20(26)17(23-18(13)19)12-6-4-3-5-7-12/h3-9,14,17,20,23,26H,10H2,1-2H3,(H2,21,25)/t14-,17-,20+/m1/s1. The molecule has 6 nitrogen and oxygen atoms in total. The van der Waals surface area contributed by atoms with Gasteiger partial charge in [-0.3, -0.25) is 4.79 Å². The second-order valence-electron chi connectivity index (χ2n) is 6.92. The number of nitrogens with two attached hydrogens (primary N) is 1. The minimum absolute atomic E-state index is 0.0938. The molecule has 4 rings (SSSR count). The molecule has 0 radical (unpaired) electrons. The summed E-state index contributed by atoms with van der Waals surface area (Å²) in [6.45, 7) is 1.96. The highest BCUT2D eigenvalue weighted by atomic mass is 16.3. The number of fused-ring (bicyclic) bond motifs is 3. The van der Waals surface area contributed by atoms with E-state index in [-0.39, 0.29) is 18.4 Å². The van der Waals surface area contributed by atoms with E-state index in [9.17, 15) is 9.90 Å². The molecule has 3 aromatic rings. The Morgan fingerprint density at radius 3 is 2.69 bits per heavy atom. The summed E-state index contributed by atoms with van der Waals surface area (Å²) in [6.07, 6.45) is -0.670. The third-order valence-electron chi connectivity index (χ3n) is 5.34. The SMILES string of the molecule is Cc1nc2c3c(ccc2n1C)[C@@H](CC(N)=O)[C@H](O)[C@@H](c1ccccc1)N3. The molecule has 0 saturated carbocycles. The predicted molar refractivity (Wildman–Crippen MR) is 101 cm³/mol. The largest absolute Gasteiger partial charge is 0.390 e. The number of nitrogens with zero attached hydrogens (tertiary/aromatic N) is 2. The van der Waals surface area contributed by atoms with Crippen LogP contribution in [-0.2, 0) is 11.8 Å². The van der Waals surface area contributed by atoms with Gasteiger partial charge in [-0.1, -0.05) is 36.4 Å². The summed E-state index contributed by atoms with van der Waals surface area (Å²) in [7, 11) is 1.98. The first-order valence-electron chi connectivity index (χ1n) is 8.71. The number of imidazole rings is 1. The number of primary amides is 1. The lowest BCUT2D eigenvalue weighted by Gasteiger charge is -2.38. The van der Waals surface area contributed by atoms with Gasteiger partial charge in [0.2, 0.25) is 5.91 Å². The van der Waals surface area contributed by atoms with Crippen molar-refractivity contribution in [3.8, 4) is 0 Å². The maximum absolute atomic E-state index is 11.7. The highest BCUT2D eigenvalue weighted by Gasteiger charge is 2.38. The molecule has 2 aromatic carbocycles. The van der Waals surface area contributed by atoms with E-state index in [1.807, 2.05) is 61.0 Å². The van der Waals surface area contributed by atoms with Crippen LogP contribution in [0.2, 0.25) is 0 Å². The van der Waals surface area contributed by atoms with Gasteiger partial charge in [0.05, 0.1) is 23.3 Å². The van der Waals surface area contributed by atoms with Crippen molar-refractivity contribution in [2.45, 2.75) is 31.4 Å². The highest BCUT2D eigenvalue weighted by molar-refractivity contribution is 5.92. The van der Waals surface area contributed by atoms with E-state index in [1.165, 1.54) is 0 Å². The summed E-state index contributed by atoms with van der Waals surface area (Å²) < 4.78 is 2.03. The molecule has 4 N–H and O–H groups in total. The number of aryl methyl sites for hydroxylation is 2. The molecule has 0 spiro atoms. The molecule has 6 heteroatoms. The molecule has 134 valence electrons. The lowest BCUT2D eigenvalue weighted by Crippen LogP contribution is -2.38. The molecule has 2 heterocycles. The average molecular weight is 350 g/mol. The van der Waals surface area contributed by atoms with Crippen LogP contribution < -0.4 is 11.1 Å². The van der Waals surface area contributed by atoms with Gasteiger partial charge in [0.25, 0.3) is 0 Å². The first-order chi connectivity index (χ1) is 12.5. The van der Waals surface area contributed by atoms with Crippen LogP contribution in [0.5, 0.6) is 0 Å². The Kier molecular flexibility index (Phi) is 3.92. The molecular weight excluding hydrogens is 328 g/mol. The number of aliphatic hydroxyl groups is 1. The van der Waals surface area contributed by atoms with Gasteiger partial charge >= 0.3 is 0 Å². The van der Waals surface area contributed by atoms with Crippen LogP contribution in [0.25, 0.3) is 11.0 Å². The lowest BCUT2D eigenvalue weighted by molar-refractivity contribution is -0.119. The van der Waals surface area contributed by atoms with Gasteiger partial charge < -0.3 is 20.7 Å².